The molecule has 0 aliphatic heterocycles. The predicted octanol–water partition coefficient (Wildman–Crippen LogP) is 12.0. The summed E-state index contributed by atoms with van der Waals surface area (Å²) in [4.78, 5) is 2.46. The Hall–Kier alpha value is -5.18. The van der Waals surface area contributed by atoms with Crippen molar-refractivity contribution in [3.05, 3.63) is 164 Å². The molecule has 0 atom stereocenters. The highest BCUT2D eigenvalue weighted by molar-refractivity contribution is 7.26. The van der Waals surface area contributed by atoms with Crippen LogP contribution in [0.2, 0.25) is 0 Å². The zero-order valence-corrected chi connectivity index (χ0v) is 23.8. The van der Waals surface area contributed by atoms with Gasteiger partial charge >= 0.3 is 0 Å². The van der Waals surface area contributed by atoms with Gasteiger partial charge in [-0.05, 0) is 64.0 Å². The van der Waals surface area contributed by atoms with Gasteiger partial charge in [0.25, 0.3) is 0 Å². The Balaban J connectivity index is 1.52. The lowest BCUT2D eigenvalue weighted by atomic mass is 9.88. The van der Waals surface area contributed by atoms with E-state index in [4.69, 9.17) is 0 Å². The quantitative estimate of drug-likeness (QED) is 0.205. The average Bonchev–Trinajstić information content (AvgIpc) is 3.45. The van der Waals surface area contributed by atoms with Crippen LogP contribution in [0.3, 0.4) is 0 Å². The minimum atomic E-state index is 1.14. The van der Waals surface area contributed by atoms with Crippen LogP contribution in [0.4, 0.5) is 17.1 Å². The first-order valence-electron chi connectivity index (χ1n) is 14.3. The normalized spacial score (nSPS) is 11.3. The van der Waals surface area contributed by atoms with Gasteiger partial charge in [-0.2, -0.15) is 0 Å². The smallest absolute Gasteiger partial charge is 0.0555 e. The van der Waals surface area contributed by atoms with Crippen LogP contribution in [0.5, 0.6) is 0 Å². The number of anilines is 3. The highest BCUT2D eigenvalue weighted by Crippen LogP contribution is 2.49. The minimum Gasteiger partial charge on any atom is -0.309 e. The summed E-state index contributed by atoms with van der Waals surface area (Å²) in [5, 5.41) is 5.04. The zero-order valence-electron chi connectivity index (χ0n) is 22.9. The van der Waals surface area contributed by atoms with Gasteiger partial charge in [-0.25, -0.2) is 0 Å². The van der Waals surface area contributed by atoms with Gasteiger partial charge in [-0.1, -0.05) is 127 Å². The molecule has 0 saturated heterocycles. The van der Waals surface area contributed by atoms with Gasteiger partial charge < -0.3 is 4.90 Å². The van der Waals surface area contributed by atoms with E-state index in [1.807, 2.05) is 11.3 Å². The maximum Gasteiger partial charge on any atom is 0.0555 e. The number of hydrogen-bond donors (Lipinski definition) is 0. The third kappa shape index (κ3) is 4.08. The van der Waals surface area contributed by atoms with Gasteiger partial charge in [0.2, 0.25) is 0 Å². The van der Waals surface area contributed by atoms with Crippen molar-refractivity contribution in [3.63, 3.8) is 0 Å². The largest absolute Gasteiger partial charge is 0.309 e. The summed E-state index contributed by atoms with van der Waals surface area (Å²) in [6.07, 6.45) is 0. The maximum absolute atomic E-state index is 2.46. The molecule has 8 aromatic rings. The van der Waals surface area contributed by atoms with Crippen LogP contribution in [0.1, 0.15) is 0 Å². The fourth-order valence-electron chi connectivity index (χ4n) is 6.23. The van der Waals surface area contributed by atoms with E-state index in [2.05, 4.69) is 169 Å². The molecular weight excluding hydrogens is 527 g/mol. The third-order valence-corrected chi connectivity index (χ3v) is 9.18. The molecule has 0 aliphatic carbocycles. The first-order valence-corrected chi connectivity index (χ1v) is 15.1. The molecular formula is C40H27NS. The van der Waals surface area contributed by atoms with Gasteiger partial charge in [0, 0.05) is 31.2 Å². The monoisotopic (exact) mass is 553 g/mol. The molecule has 0 spiro atoms. The summed E-state index contributed by atoms with van der Waals surface area (Å²) in [6.45, 7) is 0. The van der Waals surface area contributed by atoms with Crippen molar-refractivity contribution >= 4 is 59.3 Å². The van der Waals surface area contributed by atoms with E-state index in [0.29, 0.717) is 0 Å². The highest BCUT2D eigenvalue weighted by Gasteiger charge is 2.23. The van der Waals surface area contributed by atoms with E-state index in [0.717, 1.165) is 11.4 Å². The molecule has 1 heterocycles. The summed E-state index contributed by atoms with van der Waals surface area (Å²) >= 11 is 1.86. The van der Waals surface area contributed by atoms with Crippen LogP contribution in [0.25, 0.3) is 53.2 Å². The van der Waals surface area contributed by atoms with Crippen molar-refractivity contribution in [1.82, 2.24) is 0 Å². The molecule has 7 aromatic carbocycles. The van der Waals surface area contributed by atoms with Gasteiger partial charge in [0.1, 0.15) is 0 Å². The number of hydrogen-bond acceptors (Lipinski definition) is 2. The molecule has 42 heavy (non-hydrogen) atoms. The summed E-state index contributed by atoms with van der Waals surface area (Å²) in [6, 6.07) is 59.1. The number of benzene rings is 7. The van der Waals surface area contributed by atoms with Crippen molar-refractivity contribution < 1.29 is 0 Å². The molecule has 1 aromatic heterocycles. The van der Waals surface area contributed by atoms with Gasteiger partial charge in [0.15, 0.2) is 0 Å². The zero-order chi connectivity index (χ0) is 27.9. The first kappa shape index (κ1) is 24.6. The fraction of sp³-hybridized carbons (Fsp3) is 0. The molecule has 2 heteroatoms. The van der Waals surface area contributed by atoms with Gasteiger partial charge in [0.05, 0.1) is 11.4 Å². The lowest BCUT2D eigenvalue weighted by molar-refractivity contribution is 1.32. The predicted molar refractivity (Wildman–Crippen MR) is 182 cm³/mol. The van der Waals surface area contributed by atoms with E-state index < -0.39 is 0 Å². The van der Waals surface area contributed by atoms with Gasteiger partial charge in [-0.3, -0.25) is 0 Å². The Labute approximate surface area is 249 Å². The van der Waals surface area contributed by atoms with Gasteiger partial charge in [-0.15, -0.1) is 11.3 Å². The van der Waals surface area contributed by atoms with E-state index in [9.17, 15) is 0 Å². The number of nitrogens with zero attached hydrogens (tertiary/aromatic N) is 1. The van der Waals surface area contributed by atoms with Crippen LogP contribution in [0, 0.1) is 0 Å². The molecule has 0 fully saturated rings. The second-order valence-electron chi connectivity index (χ2n) is 10.5. The topological polar surface area (TPSA) is 3.24 Å². The van der Waals surface area contributed by atoms with E-state index >= 15 is 0 Å². The molecule has 0 bridgehead atoms. The number of para-hydroxylation sites is 1. The lowest BCUT2D eigenvalue weighted by Gasteiger charge is -2.29. The average molecular weight is 554 g/mol. The molecule has 0 radical (unpaired) electrons. The van der Waals surface area contributed by atoms with Crippen LogP contribution < -0.4 is 4.90 Å². The minimum absolute atomic E-state index is 1.14. The summed E-state index contributed by atoms with van der Waals surface area (Å²) in [5.41, 5.74) is 8.39. The third-order valence-electron chi connectivity index (χ3n) is 8.05. The van der Waals surface area contributed by atoms with Crippen molar-refractivity contribution in [2.24, 2.45) is 0 Å². The number of rotatable bonds is 5. The van der Waals surface area contributed by atoms with E-state index in [1.165, 1.54) is 58.9 Å². The van der Waals surface area contributed by atoms with Crippen molar-refractivity contribution in [2.75, 3.05) is 4.90 Å². The Morgan fingerprint density at radius 3 is 1.71 bits per heavy atom. The highest BCUT2D eigenvalue weighted by atomic mass is 32.1. The Bertz CT molecular complexity index is 2180. The first-order chi connectivity index (χ1) is 20.9. The lowest BCUT2D eigenvalue weighted by Crippen LogP contribution is -2.11. The van der Waals surface area contributed by atoms with Crippen LogP contribution in [-0.2, 0) is 0 Å². The molecule has 0 saturated carbocycles. The van der Waals surface area contributed by atoms with Crippen LogP contribution in [0.15, 0.2) is 164 Å². The Morgan fingerprint density at radius 1 is 0.405 bits per heavy atom. The summed E-state index contributed by atoms with van der Waals surface area (Å²) in [7, 11) is 0. The van der Waals surface area contributed by atoms with Crippen LogP contribution in [-0.4, -0.2) is 0 Å². The number of thiophene rings is 1. The molecule has 198 valence electrons. The second-order valence-corrected chi connectivity index (χ2v) is 11.6. The SMILES string of the molecule is c1ccc(-c2cc(N(c3ccccc3)c3cccc4sc5ccccc5c34)c3ccccc3c2-c2ccccc2)cc1. The van der Waals surface area contributed by atoms with Crippen molar-refractivity contribution in [3.8, 4) is 22.3 Å². The summed E-state index contributed by atoms with van der Waals surface area (Å²) < 4.78 is 2.60. The van der Waals surface area contributed by atoms with E-state index in [-0.39, 0.29) is 0 Å². The molecule has 0 unspecified atom stereocenters. The van der Waals surface area contributed by atoms with Crippen molar-refractivity contribution in [1.29, 1.82) is 0 Å². The van der Waals surface area contributed by atoms with Crippen molar-refractivity contribution in [2.45, 2.75) is 0 Å². The molecule has 0 aliphatic rings. The Kier molecular flexibility index (Phi) is 6.05. The molecule has 1 nitrogen and oxygen atoms in total. The standard InChI is InChI=1S/C40H27NS/c1-4-15-28(16-5-1)34-27-36(31-21-10-11-22-32(31)39(34)29-17-6-2-7-18-29)41(30-19-8-3-9-20-30)35-24-14-26-38-40(35)33-23-12-13-25-37(33)42-38/h1-27H. The van der Waals surface area contributed by atoms with Crippen LogP contribution >= 0.6 is 11.3 Å². The maximum atomic E-state index is 2.46. The molecule has 0 amide bonds. The Morgan fingerprint density at radius 2 is 0.976 bits per heavy atom. The number of fused-ring (bicyclic) bond motifs is 4. The molecule has 0 N–H and O–H groups in total. The second kappa shape index (κ2) is 10.3. The fourth-order valence-corrected chi connectivity index (χ4v) is 7.36. The molecule has 8 rings (SSSR count). The van der Waals surface area contributed by atoms with E-state index in [1.54, 1.807) is 0 Å². The summed E-state index contributed by atoms with van der Waals surface area (Å²) in [5.74, 6) is 0.